The van der Waals surface area contributed by atoms with Gasteiger partial charge in [-0.2, -0.15) is 0 Å². The van der Waals surface area contributed by atoms with Gasteiger partial charge in [-0.15, -0.1) is 0 Å². The molecule has 7 aromatic carbocycles. The Labute approximate surface area is 276 Å². The Morgan fingerprint density at radius 1 is 0.375 bits per heavy atom. The molecule has 0 aliphatic rings. The fraction of sp³-hybridized carbons (Fsp3) is 0. The summed E-state index contributed by atoms with van der Waals surface area (Å²) < 4.78 is 11.2. The van der Waals surface area contributed by atoms with Crippen LogP contribution in [0.3, 0.4) is 0 Å². The van der Waals surface area contributed by atoms with Crippen LogP contribution in [-0.4, -0.2) is 9.13 Å². The van der Waals surface area contributed by atoms with Crippen LogP contribution in [0.5, 0.6) is 0 Å². The Bertz CT molecular complexity index is 2770. The zero-order chi connectivity index (χ0) is 31.6. The summed E-state index contributed by atoms with van der Waals surface area (Å²) in [5.41, 5.74) is 10.7. The summed E-state index contributed by atoms with van der Waals surface area (Å²) in [4.78, 5) is 2.32. The molecule has 0 spiro atoms. The first-order valence-electron chi connectivity index (χ1n) is 16.3. The van der Waals surface area contributed by atoms with Gasteiger partial charge in [0, 0.05) is 61.4 Å². The molecule has 4 heteroatoms. The van der Waals surface area contributed by atoms with Gasteiger partial charge < -0.3 is 9.32 Å². The predicted octanol–water partition coefficient (Wildman–Crippen LogP) is 12.1. The number of aromatic nitrogens is 2. The molecular formula is C44H29N3O. The maximum Gasteiger partial charge on any atom is 0.137 e. The quantitative estimate of drug-likeness (QED) is 0.193. The smallest absolute Gasteiger partial charge is 0.137 e. The highest BCUT2D eigenvalue weighted by Gasteiger charge is 2.23. The number of hydrogen-bond acceptors (Lipinski definition) is 2. The molecule has 0 aliphatic carbocycles. The van der Waals surface area contributed by atoms with Gasteiger partial charge in [-0.1, -0.05) is 97.1 Å². The maximum atomic E-state index is 6.35. The third-order valence-electron chi connectivity index (χ3n) is 9.47. The van der Waals surface area contributed by atoms with Gasteiger partial charge in [0.1, 0.15) is 16.8 Å². The fourth-order valence-electron chi connectivity index (χ4n) is 7.43. The van der Waals surface area contributed by atoms with Crippen molar-refractivity contribution >= 4 is 71.8 Å². The molecule has 4 nitrogen and oxygen atoms in total. The van der Waals surface area contributed by atoms with Crippen molar-refractivity contribution in [1.29, 1.82) is 0 Å². The van der Waals surface area contributed by atoms with E-state index in [0.717, 1.165) is 61.5 Å². The number of fused-ring (bicyclic) bond motifs is 8. The Kier molecular flexibility index (Phi) is 5.84. The van der Waals surface area contributed by atoms with E-state index in [1.165, 1.54) is 21.7 Å². The molecule has 0 fully saturated rings. The van der Waals surface area contributed by atoms with Crippen LogP contribution in [0.2, 0.25) is 0 Å². The summed E-state index contributed by atoms with van der Waals surface area (Å²) >= 11 is 0. The van der Waals surface area contributed by atoms with E-state index in [-0.39, 0.29) is 0 Å². The largest absolute Gasteiger partial charge is 0.456 e. The third kappa shape index (κ3) is 3.96. The van der Waals surface area contributed by atoms with Crippen molar-refractivity contribution in [3.63, 3.8) is 0 Å². The number of nitrogens with zero attached hydrogens (tertiary/aromatic N) is 3. The zero-order valence-electron chi connectivity index (χ0n) is 26.0. The normalized spacial score (nSPS) is 11.8. The molecule has 3 heterocycles. The first-order valence-corrected chi connectivity index (χ1v) is 16.3. The number of furan rings is 1. The first kappa shape index (κ1) is 26.7. The van der Waals surface area contributed by atoms with Crippen molar-refractivity contribution in [2.75, 3.05) is 4.90 Å². The average Bonchev–Trinajstić information content (AvgIpc) is 3.80. The summed E-state index contributed by atoms with van der Waals surface area (Å²) in [5.74, 6) is 0. The van der Waals surface area contributed by atoms with Crippen molar-refractivity contribution in [2.24, 2.45) is 0 Å². The summed E-state index contributed by atoms with van der Waals surface area (Å²) in [5, 5.41) is 5.94. The fourth-order valence-corrected chi connectivity index (χ4v) is 7.43. The second-order valence-corrected chi connectivity index (χ2v) is 12.2. The second-order valence-electron chi connectivity index (χ2n) is 12.2. The van der Waals surface area contributed by atoms with Crippen molar-refractivity contribution in [3.05, 3.63) is 176 Å². The Balaban J connectivity index is 1.28. The average molecular weight is 616 g/mol. The minimum Gasteiger partial charge on any atom is -0.456 e. The van der Waals surface area contributed by atoms with Gasteiger partial charge in [-0.05, 0) is 72.8 Å². The molecule has 0 atom stereocenters. The third-order valence-corrected chi connectivity index (χ3v) is 9.47. The van der Waals surface area contributed by atoms with Gasteiger partial charge in [0.15, 0.2) is 0 Å². The summed E-state index contributed by atoms with van der Waals surface area (Å²) in [6, 6.07) is 62.4. The summed E-state index contributed by atoms with van der Waals surface area (Å²) in [6.07, 6.45) is 0. The molecule has 0 unspecified atom stereocenters. The highest BCUT2D eigenvalue weighted by molar-refractivity contribution is 6.23. The minimum atomic E-state index is 0.873. The molecule has 48 heavy (non-hydrogen) atoms. The highest BCUT2D eigenvalue weighted by atomic mass is 16.3. The Hall–Kier alpha value is -6.52. The van der Waals surface area contributed by atoms with Gasteiger partial charge in [-0.25, -0.2) is 0 Å². The minimum absolute atomic E-state index is 0.873. The van der Waals surface area contributed by atoms with Crippen molar-refractivity contribution < 1.29 is 4.42 Å². The van der Waals surface area contributed by atoms with Crippen LogP contribution in [-0.2, 0) is 0 Å². The molecule has 0 amide bonds. The lowest BCUT2D eigenvalue weighted by Gasteiger charge is -2.25. The molecule has 0 aliphatic heterocycles. The standard InChI is InChI=1S/C44H29N3O/c1-4-14-30(15-5-1)45(34-24-26-36-35-20-11-13-23-41(35)48-42(36)29-34)33-25-27-38-40(28-33)47(32-18-8-3-9-19-32)44-43(38)37-21-10-12-22-39(37)46(44)31-16-6-2-7-17-31/h1-29H. The number of hydrogen-bond donors (Lipinski definition) is 0. The van der Waals surface area contributed by atoms with E-state index in [1.807, 2.05) is 12.1 Å². The predicted molar refractivity (Wildman–Crippen MR) is 200 cm³/mol. The SMILES string of the molecule is c1ccc(N(c2ccc3c(c2)oc2ccccc23)c2ccc3c4c5ccccc5n(-c5ccccc5)c4n(-c4ccccc4)c3c2)cc1. The summed E-state index contributed by atoms with van der Waals surface area (Å²) in [6.45, 7) is 0. The number of benzene rings is 7. The Morgan fingerprint density at radius 2 is 0.896 bits per heavy atom. The maximum absolute atomic E-state index is 6.35. The second kappa shape index (κ2) is 10.5. The molecular weight excluding hydrogens is 587 g/mol. The van der Waals surface area contributed by atoms with Crippen LogP contribution < -0.4 is 4.90 Å². The van der Waals surface area contributed by atoms with Crippen molar-refractivity contribution in [3.8, 4) is 11.4 Å². The van der Waals surface area contributed by atoms with Gasteiger partial charge in [0.05, 0.1) is 11.0 Å². The van der Waals surface area contributed by atoms with Crippen LogP contribution >= 0.6 is 0 Å². The topological polar surface area (TPSA) is 26.2 Å². The molecule has 10 aromatic rings. The van der Waals surface area contributed by atoms with E-state index in [4.69, 9.17) is 4.42 Å². The molecule has 0 bridgehead atoms. The van der Waals surface area contributed by atoms with E-state index >= 15 is 0 Å². The van der Waals surface area contributed by atoms with Gasteiger partial charge >= 0.3 is 0 Å². The van der Waals surface area contributed by atoms with E-state index in [1.54, 1.807) is 0 Å². The lowest BCUT2D eigenvalue weighted by Crippen LogP contribution is -2.10. The van der Waals surface area contributed by atoms with Crippen LogP contribution in [0.15, 0.2) is 180 Å². The molecule has 0 radical (unpaired) electrons. The molecule has 226 valence electrons. The number of para-hydroxylation sites is 5. The van der Waals surface area contributed by atoms with E-state index in [2.05, 4.69) is 178 Å². The monoisotopic (exact) mass is 615 g/mol. The van der Waals surface area contributed by atoms with Crippen LogP contribution in [0.1, 0.15) is 0 Å². The molecule has 0 saturated heterocycles. The summed E-state index contributed by atoms with van der Waals surface area (Å²) in [7, 11) is 0. The number of rotatable bonds is 5. The lowest BCUT2D eigenvalue weighted by atomic mass is 10.1. The number of anilines is 3. The zero-order valence-corrected chi connectivity index (χ0v) is 26.0. The molecule has 0 saturated carbocycles. The first-order chi connectivity index (χ1) is 23.8. The van der Waals surface area contributed by atoms with Crippen LogP contribution in [0.4, 0.5) is 17.1 Å². The van der Waals surface area contributed by atoms with Gasteiger partial charge in [0.2, 0.25) is 0 Å². The lowest BCUT2D eigenvalue weighted by molar-refractivity contribution is 0.669. The highest BCUT2D eigenvalue weighted by Crippen LogP contribution is 2.44. The van der Waals surface area contributed by atoms with Crippen molar-refractivity contribution in [2.45, 2.75) is 0 Å². The molecule has 3 aromatic heterocycles. The molecule has 0 N–H and O–H groups in total. The van der Waals surface area contributed by atoms with Crippen LogP contribution in [0, 0.1) is 0 Å². The van der Waals surface area contributed by atoms with Crippen LogP contribution in [0.25, 0.3) is 66.2 Å². The molecule has 10 rings (SSSR count). The van der Waals surface area contributed by atoms with E-state index < -0.39 is 0 Å². The van der Waals surface area contributed by atoms with Gasteiger partial charge in [0.25, 0.3) is 0 Å². The van der Waals surface area contributed by atoms with E-state index in [9.17, 15) is 0 Å². The van der Waals surface area contributed by atoms with Crippen molar-refractivity contribution in [1.82, 2.24) is 9.13 Å². The van der Waals surface area contributed by atoms with Gasteiger partial charge in [-0.3, -0.25) is 9.13 Å². The van der Waals surface area contributed by atoms with E-state index in [0.29, 0.717) is 0 Å². The Morgan fingerprint density at radius 3 is 1.62 bits per heavy atom.